The van der Waals surface area contributed by atoms with E-state index in [4.69, 9.17) is 10.6 Å². The van der Waals surface area contributed by atoms with Gasteiger partial charge in [0.2, 0.25) is 0 Å². The number of nitrogens with zero attached hydrogens (tertiary/aromatic N) is 1. The number of fused-ring (bicyclic) bond motifs is 1. The number of thioether (sulfide) groups is 1. The number of anilines is 1. The van der Waals surface area contributed by atoms with Crippen LogP contribution < -0.4 is 11.3 Å². The number of nitrogens with two attached hydrogens (primary N) is 1. The molecule has 5 heteroatoms. The van der Waals surface area contributed by atoms with Gasteiger partial charge in [-0.1, -0.05) is 0 Å². The van der Waals surface area contributed by atoms with E-state index >= 15 is 0 Å². The molecule has 0 radical (unpaired) electrons. The van der Waals surface area contributed by atoms with Crippen LogP contribution in [0.5, 0.6) is 0 Å². The molecule has 0 bridgehead atoms. The van der Waals surface area contributed by atoms with Gasteiger partial charge in [-0.05, 0) is 24.0 Å². The minimum Gasteiger partial charge on any atom is -0.496 e. The highest BCUT2D eigenvalue weighted by Crippen LogP contribution is 2.27. The number of nitrogens with one attached hydrogen (secondary N) is 1. The van der Waals surface area contributed by atoms with Gasteiger partial charge in [-0.3, -0.25) is 0 Å². The van der Waals surface area contributed by atoms with Crippen LogP contribution in [-0.2, 0) is 11.3 Å². The minimum absolute atomic E-state index is 0.521. The van der Waals surface area contributed by atoms with Crippen molar-refractivity contribution in [1.29, 1.82) is 0 Å². The Labute approximate surface area is 86.5 Å². The third kappa shape index (κ3) is 1.56. The van der Waals surface area contributed by atoms with Crippen LogP contribution in [0.25, 0.3) is 6.08 Å². The predicted molar refractivity (Wildman–Crippen MR) is 57.7 cm³/mol. The number of ether oxygens (including phenoxy) is 1. The number of rotatable bonds is 2. The topological polar surface area (TPSA) is 60.2 Å². The van der Waals surface area contributed by atoms with Gasteiger partial charge in [0.25, 0.3) is 0 Å². The molecule has 0 unspecified atom stereocenters. The van der Waals surface area contributed by atoms with Crippen LogP contribution in [0.4, 0.5) is 5.82 Å². The molecule has 2 heterocycles. The Morgan fingerprint density at radius 2 is 2.50 bits per heavy atom. The Morgan fingerprint density at radius 3 is 3.21 bits per heavy atom. The van der Waals surface area contributed by atoms with Gasteiger partial charge in [-0.25, -0.2) is 10.8 Å². The summed E-state index contributed by atoms with van der Waals surface area (Å²) in [6, 6.07) is 2.03. The SMILES string of the molecule is CSc1cc2c(c(NN)n1)COC=C2. The average Bonchev–Trinajstić information content (AvgIpc) is 2.27. The van der Waals surface area contributed by atoms with E-state index in [9.17, 15) is 0 Å². The van der Waals surface area contributed by atoms with Crippen LogP contribution in [0.2, 0.25) is 0 Å². The first kappa shape index (κ1) is 9.36. The third-order valence-electron chi connectivity index (χ3n) is 2.05. The summed E-state index contributed by atoms with van der Waals surface area (Å²) in [5.41, 5.74) is 4.71. The molecule has 4 nitrogen and oxygen atoms in total. The van der Waals surface area contributed by atoms with Gasteiger partial charge >= 0.3 is 0 Å². The Balaban J connectivity index is 2.54. The van der Waals surface area contributed by atoms with Crippen LogP contribution in [-0.4, -0.2) is 11.2 Å². The largest absolute Gasteiger partial charge is 0.496 e. The zero-order valence-electron chi connectivity index (χ0n) is 7.78. The molecule has 1 aliphatic rings. The molecule has 74 valence electrons. The fraction of sp³-hybridized carbons (Fsp3) is 0.222. The van der Waals surface area contributed by atoms with Gasteiger partial charge in [0.1, 0.15) is 12.4 Å². The third-order valence-corrected chi connectivity index (χ3v) is 2.68. The number of nitrogen functional groups attached to an aromatic ring is 1. The van der Waals surface area contributed by atoms with E-state index in [0.29, 0.717) is 12.4 Å². The summed E-state index contributed by atoms with van der Waals surface area (Å²) in [7, 11) is 0. The molecule has 0 saturated heterocycles. The van der Waals surface area contributed by atoms with E-state index in [0.717, 1.165) is 16.2 Å². The molecule has 0 saturated carbocycles. The summed E-state index contributed by atoms with van der Waals surface area (Å²) in [5, 5.41) is 0.947. The smallest absolute Gasteiger partial charge is 0.148 e. The summed E-state index contributed by atoms with van der Waals surface area (Å²) in [6.45, 7) is 0.521. The number of hydrogen-bond donors (Lipinski definition) is 2. The van der Waals surface area contributed by atoms with E-state index in [1.165, 1.54) is 0 Å². The zero-order chi connectivity index (χ0) is 9.97. The van der Waals surface area contributed by atoms with Crippen LogP contribution >= 0.6 is 11.8 Å². The molecule has 0 aliphatic carbocycles. The molecule has 0 atom stereocenters. The van der Waals surface area contributed by atoms with Gasteiger partial charge in [-0.15, -0.1) is 11.8 Å². The van der Waals surface area contributed by atoms with Gasteiger partial charge in [0, 0.05) is 5.56 Å². The molecule has 3 N–H and O–H groups in total. The first-order valence-electron chi connectivity index (χ1n) is 4.18. The molecule has 1 aliphatic heterocycles. The normalized spacial score (nSPS) is 13.3. The molecule has 14 heavy (non-hydrogen) atoms. The molecule has 0 amide bonds. The standard InChI is InChI=1S/C9H11N3OS/c1-14-8-4-6-2-3-13-5-7(6)9(11-8)12-10/h2-4H,5,10H2,1H3,(H,11,12). The highest BCUT2D eigenvalue weighted by Gasteiger charge is 2.12. The Hall–Kier alpha value is -1.20. The average molecular weight is 209 g/mol. The zero-order valence-corrected chi connectivity index (χ0v) is 8.60. The molecule has 0 aromatic carbocycles. The summed E-state index contributed by atoms with van der Waals surface area (Å²) < 4.78 is 5.19. The van der Waals surface area contributed by atoms with Crippen molar-refractivity contribution in [3.8, 4) is 0 Å². The van der Waals surface area contributed by atoms with Crippen molar-refractivity contribution >= 4 is 23.7 Å². The molecular weight excluding hydrogens is 198 g/mol. The van der Waals surface area contributed by atoms with Crippen LogP contribution in [0.3, 0.4) is 0 Å². The van der Waals surface area contributed by atoms with Gasteiger partial charge in [0.15, 0.2) is 0 Å². The van der Waals surface area contributed by atoms with E-state index in [1.54, 1.807) is 18.0 Å². The lowest BCUT2D eigenvalue weighted by atomic mass is 10.1. The van der Waals surface area contributed by atoms with Crippen LogP contribution in [0.1, 0.15) is 11.1 Å². The maximum Gasteiger partial charge on any atom is 0.148 e. The van der Waals surface area contributed by atoms with Crippen molar-refractivity contribution in [2.24, 2.45) is 5.84 Å². The molecule has 0 fully saturated rings. The summed E-state index contributed by atoms with van der Waals surface area (Å²) in [4.78, 5) is 4.34. The van der Waals surface area contributed by atoms with Crippen molar-refractivity contribution in [2.75, 3.05) is 11.7 Å². The first-order valence-corrected chi connectivity index (χ1v) is 5.40. The molecule has 1 aromatic heterocycles. The molecular formula is C9H11N3OS. The van der Waals surface area contributed by atoms with Gasteiger partial charge in [-0.2, -0.15) is 0 Å². The Bertz CT molecular complexity index is 379. The summed E-state index contributed by atoms with van der Waals surface area (Å²) >= 11 is 1.59. The van der Waals surface area contributed by atoms with Crippen LogP contribution in [0, 0.1) is 0 Å². The maximum absolute atomic E-state index is 5.40. The Morgan fingerprint density at radius 1 is 1.64 bits per heavy atom. The minimum atomic E-state index is 0.521. The van der Waals surface area contributed by atoms with E-state index in [1.807, 2.05) is 18.4 Å². The van der Waals surface area contributed by atoms with E-state index in [-0.39, 0.29) is 0 Å². The van der Waals surface area contributed by atoms with E-state index < -0.39 is 0 Å². The fourth-order valence-corrected chi connectivity index (χ4v) is 1.77. The van der Waals surface area contributed by atoms with Crippen molar-refractivity contribution < 1.29 is 4.74 Å². The fourth-order valence-electron chi connectivity index (χ4n) is 1.34. The molecule has 0 spiro atoms. The van der Waals surface area contributed by atoms with Crippen LogP contribution in [0.15, 0.2) is 17.4 Å². The second-order valence-corrected chi connectivity index (χ2v) is 3.67. The number of aromatic nitrogens is 1. The van der Waals surface area contributed by atoms with Gasteiger partial charge in [0.05, 0.1) is 11.3 Å². The number of hydrazine groups is 1. The summed E-state index contributed by atoms with van der Waals surface area (Å²) in [5.74, 6) is 6.09. The van der Waals surface area contributed by atoms with Crippen molar-refractivity contribution in [1.82, 2.24) is 4.98 Å². The predicted octanol–water partition coefficient (Wildman–Crippen LogP) is 1.59. The first-order chi connectivity index (χ1) is 6.85. The lowest BCUT2D eigenvalue weighted by Crippen LogP contribution is -2.13. The Kier molecular flexibility index (Phi) is 2.60. The lowest BCUT2D eigenvalue weighted by molar-refractivity contribution is 0.234. The molecule has 2 rings (SSSR count). The highest BCUT2D eigenvalue weighted by molar-refractivity contribution is 7.98. The second-order valence-electron chi connectivity index (χ2n) is 2.84. The quantitative estimate of drug-likeness (QED) is 0.440. The second kappa shape index (κ2) is 3.89. The highest BCUT2D eigenvalue weighted by atomic mass is 32.2. The molecule has 1 aromatic rings. The van der Waals surface area contributed by atoms with Crippen molar-refractivity contribution in [3.05, 3.63) is 23.5 Å². The lowest BCUT2D eigenvalue weighted by Gasteiger charge is -2.15. The van der Waals surface area contributed by atoms with Crippen molar-refractivity contribution in [2.45, 2.75) is 11.6 Å². The monoisotopic (exact) mass is 209 g/mol. The van der Waals surface area contributed by atoms with E-state index in [2.05, 4.69) is 10.4 Å². The van der Waals surface area contributed by atoms with Gasteiger partial charge < -0.3 is 10.2 Å². The number of pyridine rings is 1. The van der Waals surface area contributed by atoms with Crippen molar-refractivity contribution in [3.63, 3.8) is 0 Å². The summed E-state index contributed by atoms with van der Waals surface area (Å²) in [6.07, 6.45) is 5.59. The maximum atomic E-state index is 5.40. The number of hydrogen-bond acceptors (Lipinski definition) is 5.